The molecule has 8 nitrogen and oxygen atoms in total. The molecule has 2 aromatic carbocycles. The number of nitrogens with one attached hydrogen (secondary N) is 1. The third-order valence-electron chi connectivity index (χ3n) is 3.38. The first-order valence-corrected chi connectivity index (χ1v) is 7.84. The van der Waals surface area contributed by atoms with Crippen LogP contribution in [0.4, 0.5) is 17.1 Å². The van der Waals surface area contributed by atoms with Crippen molar-refractivity contribution in [1.82, 2.24) is 0 Å². The molecule has 0 atom stereocenters. The summed E-state index contributed by atoms with van der Waals surface area (Å²) in [6.45, 7) is -0.575. The highest BCUT2D eigenvalue weighted by atomic mass is 35.5. The lowest BCUT2D eigenvalue weighted by molar-refractivity contribution is -0.385. The smallest absolute Gasteiger partial charge is 0.345 e. The number of nitro groups is 1. The van der Waals surface area contributed by atoms with Gasteiger partial charge in [0, 0.05) is 36.6 Å². The maximum atomic E-state index is 12.0. The second-order valence-corrected chi connectivity index (χ2v) is 5.92. The van der Waals surface area contributed by atoms with Gasteiger partial charge >= 0.3 is 5.97 Å². The third kappa shape index (κ3) is 4.93. The quantitative estimate of drug-likeness (QED) is 0.471. The van der Waals surface area contributed by atoms with Gasteiger partial charge in [0.1, 0.15) is 5.56 Å². The van der Waals surface area contributed by atoms with E-state index in [0.717, 1.165) is 11.8 Å². The van der Waals surface area contributed by atoms with Gasteiger partial charge in [0.2, 0.25) is 0 Å². The molecule has 0 bridgehead atoms. The molecule has 0 aliphatic heterocycles. The third-order valence-corrected chi connectivity index (χ3v) is 3.61. The Balaban J connectivity index is 1.97. The Morgan fingerprint density at radius 3 is 2.42 bits per heavy atom. The van der Waals surface area contributed by atoms with Crippen LogP contribution in [0.5, 0.6) is 0 Å². The number of hydrogen-bond acceptors (Lipinski definition) is 6. The van der Waals surface area contributed by atoms with Crippen LogP contribution >= 0.6 is 11.6 Å². The topological polar surface area (TPSA) is 102 Å². The van der Waals surface area contributed by atoms with Crippen molar-refractivity contribution in [1.29, 1.82) is 0 Å². The first kappa shape index (κ1) is 19.2. The van der Waals surface area contributed by atoms with Crippen LogP contribution < -0.4 is 10.2 Å². The molecular weight excluding hydrogens is 362 g/mol. The number of amides is 1. The number of esters is 1. The van der Waals surface area contributed by atoms with Gasteiger partial charge < -0.3 is 15.0 Å². The van der Waals surface area contributed by atoms with Crippen LogP contribution in [0.3, 0.4) is 0 Å². The van der Waals surface area contributed by atoms with Crippen molar-refractivity contribution in [2.75, 3.05) is 30.9 Å². The van der Waals surface area contributed by atoms with E-state index in [-0.39, 0.29) is 10.6 Å². The Hall–Kier alpha value is -3.13. The normalized spacial score (nSPS) is 10.1. The van der Waals surface area contributed by atoms with E-state index in [1.165, 1.54) is 12.1 Å². The molecule has 0 radical (unpaired) electrons. The van der Waals surface area contributed by atoms with Gasteiger partial charge in [0.25, 0.3) is 11.6 Å². The molecule has 0 saturated carbocycles. The summed E-state index contributed by atoms with van der Waals surface area (Å²) in [5, 5.41) is 13.7. The maximum Gasteiger partial charge on any atom is 0.345 e. The van der Waals surface area contributed by atoms with E-state index in [2.05, 4.69) is 5.32 Å². The molecule has 0 aliphatic rings. The fourth-order valence-corrected chi connectivity index (χ4v) is 2.24. The van der Waals surface area contributed by atoms with Gasteiger partial charge in [-0.1, -0.05) is 11.6 Å². The summed E-state index contributed by atoms with van der Waals surface area (Å²) in [5.41, 5.74) is 0.739. The van der Waals surface area contributed by atoms with E-state index in [1.807, 2.05) is 31.1 Å². The average Bonchev–Trinajstić information content (AvgIpc) is 2.60. The van der Waals surface area contributed by atoms with Gasteiger partial charge in [-0.25, -0.2) is 4.79 Å². The number of carbonyl (C=O) groups is 2. The van der Waals surface area contributed by atoms with Crippen LogP contribution in [0.2, 0.25) is 5.02 Å². The average molecular weight is 378 g/mol. The van der Waals surface area contributed by atoms with Crippen LogP contribution in [0.25, 0.3) is 0 Å². The Labute approximate surface area is 154 Å². The molecule has 0 fully saturated rings. The molecule has 26 heavy (non-hydrogen) atoms. The van der Waals surface area contributed by atoms with Crippen LogP contribution in [-0.2, 0) is 9.53 Å². The summed E-state index contributed by atoms with van der Waals surface area (Å²) >= 11 is 5.69. The van der Waals surface area contributed by atoms with Gasteiger partial charge in [-0.15, -0.1) is 0 Å². The summed E-state index contributed by atoms with van der Waals surface area (Å²) in [4.78, 5) is 36.0. The highest BCUT2D eigenvalue weighted by Crippen LogP contribution is 2.24. The van der Waals surface area contributed by atoms with Crippen molar-refractivity contribution in [3.63, 3.8) is 0 Å². The first-order chi connectivity index (χ1) is 12.3. The van der Waals surface area contributed by atoms with Crippen molar-refractivity contribution in [2.24, 2.45) is 0 Å². The Bertz CT molecular complexity index is 837. The first-order valence-electron chi connectivity index (χ1n) is 7.46. The minimum Gasteiger partial charge on any atom is -0.452 e. The number of halogens is 1. The molecule has 1 N–H and O–H groups in total. The van der Waals surface area contributed by atoms with E-state index in [9.17, 15) is 19.7 Å². The van der Waals surface area contributed by atoms with Gasteiger partial charge in [0.15, 0.2) is 6.61 Å². The molecule has 136 valence electrons. The molecular formula is C17H16ClN3O5. The van der Waals surface area contributed by atoms with Crippen LogP contribution in [-0.4, -0.2) is 37.5 Å². The van der Waals surface area contributed by atoms with E-state index >= 15 is 0 Å². The second kappa shape index (κ2) is 8.30. The molecule has 0 saturated heterocycles. The highest BCUT2D eigenvalue weighted by molar-refractivity contribution is 6.31. The number of hydrogen-bond donors (Lipinski definition) is 1. The van der Waals surface area contributed by atoms with Crippen molar-refractivity contribution in [3.8, 4) is 0 Å². The Kier molecular flexibility index (Phi) is 6.13. The number of nitro benzene ring substituents is 1. The fraction of sp³-hybridized carbons (Fsp3) is 0.176. The summed E-state index contributed by atoms with van der Waals surface area (Å²) in [7, 11) is 3.78. The summed E-state index contributed by atoms with van der Waals surface area (Å²) in [5.74, 6) is -1.54. The molecule has 2 aromatic rings. The van der Waals surface area contributed by atoms with Crippen LogP contribution in [0, 0.1) is 10.1 Å². The van der Waals surface area contributed by atoms with Crippen LogP contribution in [0.15, 0.2) is 42.5 Å². The Morgan fingerprint density at radius 2 is 1.85 bits per heavy atom. The predicted octanol–water partition coefficient (Wildman–Crippen LogP) is 3.11. The van der Waals surface area contributed by atoms with E-state index < -0.39 is 29.1 Å². The number of ether oxygens (including phenoxy) is 1. The lowest BCUT2D eigenvalue weighted by Gasteiger charge is -2.13. The standard InChI is InChI=1S/C17H16ClN3O5/c1-20(2)13-6-4-12(5-7-13)19-16(22)10-26-17(23)14-8-3-11(18)9-15(14)21(24)25/h3-9H,10H2,1-2H3,(H,19,22). The van der Waals surface area contributed by atoms with Crippen molar-refractivity contribution < 1.29 is 19.2 Å². The van der Waals surface area contributed by atoms with Crippen molar-refractivity contribution in [2.45, 2.75) is 0 Å². The maximum absolute atomic E-state index is 12.0. The summed E-state index contributed by atoms with van der Waals surface area (Å²) in [6.07, 6.45) is 0. The zero-order valence-electron chi connectivity index (χ0n) is 14.1. The van der Waals surface area contributed by atoms with Gasteiger partial charge in [-0.3, -0.25) is 14.9 Å². The summed E-state index contributed by atoms with van der Waals surface area (Å²) in [6, 6.07) is 10.6. The molecule has 0 aromatic heterocycles. The van der Waals surface area contributed by atoms with Gasteiger partial charge in [-0.2, -0.15) is 0 Å². The van der Waals surface area contributed by atoms with E-state index in [1.54, 1.807) is 12.1 Å². The van der Waals surface area contributed by atoms with Crippen LogP contribution in [0.1, 0.15) is 10.4 Å². The largest absolute Gasteiger partial charge is 0.452 e. The summed E-state index contributed by atoms with van der Waals surface area (Å²) < 4.78 is 4.85. The molecule has 0 spiro atoms. The van der Waals surface area contributed by atoms with Gasteiger partial charge in [0.05, 0.1) is 4.92 Å². The Morgan fingerprint density at radius 1 is 1.19 bits per heavy atom. The predicted molar refractivity (Wildman–Crippen MR) is 97.8 cm³/mol. The fourth-order valence-electron chi connectivity index (χ4n) is 2.08. The molecule has 1 amide bonds. The van der Waals surface area contributed by atoms with Crippen molar-refractivity contribution >= 4 is 40.5 Å². The second-order valence-electron chi connectivity index (χ2n) is 5.48. The molecule has 2 rings (SSSR count). The number of anilines is 2. The molecule has 0 heterocycles. The lowest BCUT2D eigenvalue weighted by Crippen LogP contribution is -2.21. The zero-order chi connectivity index (χ0) is 19.3. The highest BCUT2D eigenvalue weighted by Gasteiger charge is 2.22. The lowest BCUT2D eigenvalue weighted by atomic mass is 10.2. The van der Waals surface area contributed by atoms with E-state index in [0.29, 0.717) is 5.69 Å². The zero-order valence-corrected chi connectivity index (χ0v) is 14.8. The molecule has 0 unspecified atom stereocenters. The monoisotopic (exact) mass is 377 g/mol. The molecule has 0 aliphatic carbocycles. The minimum atomic E-state index is -0.980. The minimum absolute atomic E-state index is 0.118. The van der Waals surface area contributed by atoms with Gasteiger partial charge in [-0.05, 0) is 36.4 Å². The number of benzene rings is 2. The number of rotatable bonds is 6. The van der Waals surface area contributed by atoms with E-state index in [4.69, 9.17) is 16.3 Å². The number of carbonyl (C=O) groups excluding carboxylic acids is 2. The number of nitrogens with zero attached hydrogens (tertiary/aromatic N) is 2. The molecule has 9 heteroatoms. The van der Waals surface area contributed by atoms with Crippen molar-refractivity contribution in [3.05, 3.63) is 63.2 Å². The SMILES string of the molecule is CN(C)c1ccc(NC(=O)COC(=O)c2ccc(Cl)cc2[N+](=O)[O-])cc1.